The maximum Gasteiger partial charge on any atom is 0.291 e. The number of hydrogen-bond donors (Lipinski definition) is 1. The number of aryl methyl sites for hydroxylation is 2. The number of carbonyl (C=O) groups is 1. The third kappa shape index (κ3) is 5.77. The van der Waals surface area contributed by atoms with E-state index in [1.54, 1.807) is 12.1 Å². The van der Waals surface area contributed by atoms with Crippen molar-refractivity contribution in [3.05, 3.63) is 98.2 Å². The molecule has 4 aromatic rings. The number of hydrogen-bond acceptors (Lipinski definition) is 4. The number of nitrogens with one attached hydrogen (secondary N) is 1. The molecule has 0 spiro atoms. The van der Waals surface area contributed by atoms with Crippen molar-refractivity contribution in [1.82, 2.24) is 9.78 Å². The number of rotatable bonds is 8. The summed E-state index contributed by atoms with van der Waals surface area (Å²) in [6.07, 6.45) is 0. The van der Waals surface area contributed by atoms with Crippen molar-refractivity contribution >= 4 is 34.8 Å². The molecule has 0 unspecified atom stereocenters. The zero-order valence-corrected chi connectivity index (χ0v) is 22.5. The zero-order valence-electron chi connectivity index (χ0n) is 21.0. The van der Waals surface area contributed by atoms with Gasteiger partial charge in [-0.3, -0.25) is 9.48 Å². The first-order valence-electron chi connectivity index (χ1n) is 11.7. The molecule has 0 saturated heterocycles. The molecule has 0 aliphatic heterocycles. The molecule has 0 fully saturated rings. The van der Waals surface area contributed by atoms with Crippen molar-refractivity contribution < 1.29 is 13.9 Å². The second-order valence-corrected chi connectivity index (χ2v) is 9.98. The smallest absolute Gasteiger partial charge is 0.291 e. The van der Waals surface area contributed by atoms with Crippen LogP contribution in [0.3, 0.4) is 0 Å². The highest BCUT2D eigenvalue weighted by atomic mass is 35.5. The quantitative estimate of drug-likeness (QED) is 0.255. The predicted molar refractivity (Wildman–Crippen MR) is 144 cm³/mol. The number of carbonyl (C=O) groups excluding carboxylic acids is 1. The Morgan fingerprint density at radius 1 is 1.11 bits per heavy atom. The fourth-order valence-electron chi connectivity index (χ4n) is 3.99. The average molecular weight is 526 g/mol. The average Bonchev–Trinajstić information content (AvgIpc) is 3.40. The normalized spacial score (nSPS) is 11.2. The van der Waals surface area contributed by atoms with Crippen LogP contribution in [0.4, 0.5) is 5.69 Å². The van der Waals surface area contributed by atoms with E-state index in [-0.39, 0.29) is 24.2 Å². The third-order valence-corrected chi connectivity index (χ3v) is 6.65. The molecule has 2 aromatic carbocycles. The first-order chi connectivity index (χ1) is 17.1. The van der Waals surface area contributed by atoms with Crippen molar-refractivity contribution in [3.63, 3.8) is 0 Å². The van der Waals surface area contributed by atoms with Crippen LogP contribution in [0.1, 0.15) is 64.2 Å². The topological polar surface area (TPSA) is 69.3 Å². The fraction of sp³-hybridized carbons (Fsp3) is 0.286. The summed E-state index contributed by atoms with van der Waals surface area (Å²) in [4.78, 5) is 12.9. The van der Waals surface area contributed by atoms with Crippen molar-refractivity contribution in [1.29, 1.82) is 0 Å². The summed E-state index contributed by atoms with van der Waals surface area (Å²) < 4.78 is 13.7. The van der Waals surface area contributed by atoms with Crippen LogP contribution in [0.15, 0.2) is 52.9 Å². The molecule has 0 aliphatic carbocycles. The van der Waals surface area contributed by atoms with Gasteiger partial charge in [0.05, 0.1) is 23.6 Å². The molecule has 0 saturated carbocycles. The number of furan rings is 1. The first-order valence-corrected chi connectivity index (χ1v) is 12.5. The first kappa shape index (κ1) is 25.9. The predicted octanol–water partition coefficient (Wildman–Crippen LogP) is 7.71. The molecule has 0 atom stereocenters. The van der Waals surface area contributed by atoms with Crippen molar-refractivity contribution in [2.24, 2.45) is 0 Å². The van der Waals surface area contributed by atoms with E-state index in [0.29, 0.717) is 28.0 Å². The van der Waals surface area contributed by atoms with Crippen LogP contribution in [0.2, 0.25) is 10.0 Å². The van der Waals surface area contributed by atoms with E-state index in [4.69, 9.17) is 32.4 Å². The molecule has 1 N–H and O–H groups in total. The van der Waals surface area contributed by atoms with Crippen LogP contribution in [-0.4, -0.2) is 15.7 Å². The van der Waals surface area contributed by atoms with Crippen LogP contribution < -0.4 is 10.1 Å². The highest BCUT2D eigenvalue weighted by molar-refractivity contribution is 6.31. The number of aromatic nitrogens is 2. The molecule has 36 heavy (non-hydrogen) atoms. The van der Waals surface area contributed by atoms with Gasteiger partial charge in [-0.1, -0.05) is 49.2 Å². The van der Waals surface area contributed by atoms with E-state index in [9.17, 15) is 4.79 Å². The van der Waals surface area contributed by atoms with Crippen molar-refractivity contribution in [3.8, 4) is 5.75 Å². The lowest BCUT2D eigenvalue weighted by Crippen LogP contribution is -2.12. The van der Waals surface area contributed by atoms with Crippen LogP contribution in [0, 0.1) is 20.8 Å². The zero-order chi connectivity index (χ0) is 26.0. The largest absolute Gasteiger partial charge is 0.485 e. The van der Waals surface area contributed by atoms with Gasteiger partial charge >= 0.3 is 0 Å². The molecular weight excluding hydrogens is 497 g/mol. The van der Waals surface area contributed by atoms with E-state index in [1.165, 1.54) is 0 Å². The standard InChI is InChI=1S/C28H29Cl2N3O3/c1-16(2)23-13-24(30)17(3)11-26(23)35-15-22-9-10-25(36-22)28(34)31-27-18(4)32-33(19(27)5)14-20-7-6-8-21(29)12-20/h6-13,16H,14-15H2,1-5H3,(H,31,34). The number of anilines is 1. The minimum Gasteiger partial charge on any atom is -0.485 e. The summed E-state index contributed by atoms with van der Waals surface area (Å²) in [6.45, 7) is 10.6. The number of nitrogens with zero attached hydrogens (tertiary/aromatic N) is 2. The van der Waals surface area contributed by atoms with Gasteiger partial charge in [0.25, 0.3) is 5.91 Å². The van der Waals surface area contributed by atoms with E-state index < -0.39 is 0 Å². The lowest BCUT2D eigenvalue weighted by Gasteiger charge is -2.15. The van der Waals surface area contributed by atoms with Crippen LogP contribution in [0.5, 0.6) is 5.75 Å². The minimum absolute atomic E-state index is 0.198. The summed E-state index contributed by atoms with van der Waals surface area (Å²) in [5.74, 6) is 1.41. The molecule has 2 aromatic heterocycles. The Balaban J connectivity index is 1.44. The van der Waals surface area contributed by atoms with Gasteiger partial charge in [-0.05, 0) is 79.8 Å². The van der Waals surface area contributed by atoms with E-state index in [0.717, 1.165) is 33.8 Å². The second kappa shape index (κ2) is 10.8. The summed E-state index contributed by atoms with van der Waals surface area (Å²) in [5.41, 5.74) is 5.22. The fourth-order valence-corrected chi connectivity index (χ4v) is 4.37. The maximum atomic E-state index is 12.9. The Kier molecular flexibility index (Phi) is 7.76. The number of benzene rings is 2. The highest BCUT2D eigenvalue weighted by Crippen LogP contribution is 2.32. The molecule has 6 nitrogen and oxygen atoms in total. The molecule has 188 valence electrons. The molecule has 8 heteroatoms. The van der Waals surface area contributed by atoms with E-state index >= 15 is 0 Å². The second-order valence-electron chi connectivity index (χ2n) is 9.14. The molecule has 0 radical (unpaired) electrons. The summed E-state index contributed by atoms with van der Waals surface area (Å²) >= 11 is 12.4. The van der Waals surface area contributed by atoms with Gasteiger partial charge in [-0.15, -0.1) is 0 Å². The molecule has 0 bridgehead atoms. The van der Waals surface area contributed by atoms with Gasteiger partial charge in [-0.25, -0.2) is 0 Å². The van der Waals surface area contributed by atoms with Crippen molar-refractivity contribution in [2.75, 3.05) is 5.32 Å². The molecule has 2 heterocycles. The van der Waals surface area contributed by atoms with Crippen LogP contribution >= 0.6 is 23.2 Å². The lowest BCUT2D eigenvalue weighted by atomic mass is 10.0. The number of amides is 1. The lowest BCUT2D eigenvalue weighted by molar-refractivity contribution is 0.0992. The van der Waals surface area contributed by atoms with Gasteiger partial charge in [0.1, 0.15) is 18.1 Å². The Labute approximate surface area is 221 Å². The van der Waals surface area contributed by atoms with Crippen molar-refractivity contribution in [2.45, 2.75) is 53.7 Å². The van der Waals surface area contributed by atoms with Crippen LogP contribution in [0.25, 0.3) is 0 Å². The highest BCUT2D eigenvalue weighted by Gasteiger charge is 2.19. The van der Waals surface area contributed by atoms with Gasteiger partial charge < -0.3 is 14.5 Å². The number of halogens is 2. The molecular formula is C28H29Cl2N3O3. The van der Waals surface area contributed by atoms with E-state index in [1.807, 2.05) is 61.9 Å². The van der Waals surface area contributed by atoms with Gasteiger partial charge in [-0.2, -0.15) is 5.10 Å². The Morgan fingerprint density at radius 3 is 2.61 bits per heavy atom. The summed E-state index contributed by atoms with van der Waals surface area (Å²) in [6, 6.07) is 14.9. The molecule has 0 aliphatic rings. The Morgan fingerprint density at radius 2 is 1.89 bits per heavy atom. The van der Waals surface area contributed by atoms with Crippen LogP contribution in [-0.2, 0) is 13.2 Å². The Bertz CT molecular complexity index is 1410. The van der Waals surface area contributed by atoms with Gasteiger partial charge in [0.2, 0.25) is 0 Å². The third-order valence-electron chi connectivity index (χ3n) is 6.01. The summed E-state index contributed by atoms with van der Waals surface area (Å²) in [7, 11) is 0. The van der Waals surface area contributed by atoms with Gasteiger partial charge in [0, 0.05) is 10.0 Å². The number of ether oxygens (including phenoxy) is 1. The van der Waals surface area contributed by atoms with Gasteiger partial charge in [0.15, 0.2) is 5.76 Å². The maximum absolute atomic E-state index is 12.9. The Hall–Kier alpha value is -3.22. The SMILES string of the molecule is Cc1cc(OCc2ccc(C(=O)Nc3c(C)nn(Cc4cccc(Cl)c4)c3C)o2)c(C(C)C)cc1Cl. The molecule has 1 amide bonds. The monoisotopic (exact) mass is 525 g/mol. The van der Waals surface area contributed by atoms with E-state index in [2.05, 4.69) is 24.3 Å². The minimum atomic E-state index is -0.347. The summed E-state index contributed by atoms with van der Waals surface area (Å²) in [5, 5.41) is 8.91. The molecule has 4 rings (SSSR count).